The van der Waals surface area contributed by atoms with Crippen molar-refractivity contribution in [3.63, 3.8) is 0 Å². The van der Waals surface area contributed by atoms with Gasteiger partial charge in [-0.2, -0.15) is 0 Å². The summed E-state index contributed by atoms with van der Waals surface area (Å²) in [6.07, 6.45) is 8.02. The highest BCUT2D eigenvalue weighted by molar-refractivity contribution is 5.43. The molecule has 3 nitrogen and oxygen atoms in total. The molecule has 1 N–H and O–H groups in total. The van der Waals surface area contributed by atoms with E-state index in [2.05, 4.69) is 23.5 Å². The Kier molecular flexibility index (Phi) is 4.07. The van der Waals surface area contributed by atoms with Gasteiger partial charge in [0.15, 0.2) is 0 Å². The Labute approximate surface area is 119 Å². The van der Waals surface area contributed by atoms with Crippen LogP contribution in [0.3, 0.4) is 0 Å². The maximum Gasteiger partial charge on any atom is 0.128 e. The van der Waals surface area contributed by atoms with Crippen molar-refractivity contribution in [3.05, 3.63) is 53.5 Å². The second-order valence-corrected chi connectivity index (χ2v) is 5.30. The summed E-state index contributed by atoms with van der Waals surface area (Å²) < 4.78 is 11.5. The molecular weight excluding hydrogens is 250 g/mol. The van der Waals surface area contributed by atoms with Gasteiger partial charge in [-0.3, -0.25) is 0 Å². The van der Waals surface area contributed by atoms with E-state index in [9.17, 15) is 0 Å². The number of nitrogens with one attached hydrogen (secondary N) is 1. The van der Waals surface area contributed by atoms with Crippen molar-refractivity contribution in [1.29, 1.82) is 0 Å². The van der Waals surface area contributed by atoms with Gasteiger partial charge in [-0.1, -0.05) is 12.1 Å². The fourth-order valence-electron chi connectivity index (χ4n) is 2.88. The Hall–Kier alpha value is -1.74. The van der Waals surface area contributed by atoms with Crippen LogP contribution in [0.5, 0.6) is 5.75 Å². The molecule has 3 heteroatoms. The molecule has 1 aromatic carbocycles. The number of hydrogen-bond donors (Lipinski definition) is 1. The number of furan rings is 1. The minimum atomic E-state index is 0.0494. The van der Waals surface area contributed by atoms with Crippen LogP contribution >= 0.6 is 0 Å². The predicted molar refractivity (Wildman–Crippen MR) is 79.1 cm³/mol. The largest absolute Gasteiger partial charge is 0.485 e. The average Bonchev–Trinajstić information content (AvgIpc) is 3.14. The van der Waals surface area contributed by atoms with Gasteiger partial charge < -0.3 is 14.5 Å². The Balaban J connectivity index is 1.81. The highest BCUT2D eigenvalue weighted by Gasteiger charge is 2.20. The van der Waals surface area contributed by atoms with Crippen LogP contribution in [0.1, 0.15) is 35.6 Å². The molecule has 20 heavy (non-hydrogen) atoms. The van der Waals surface area contributed by atoms with Gasteiger partial charge in [-0.15, -0.1) is 0 Å². The van der Waals surface area contributed by atoms with Crippen molar-refractivity contribution in [2.24, 2.45) is 0 Å². The monoisotopic (exact) mass is 271 g/mol. The van der Waals surface area contributed by atoms with Crippen LogP contribution in [-0.2, 0) is 12.8 Å². The normalized spacial score (nSPS) is 15.1. The quantitative estimate of drug-likeness (QED) is 0.873. The van der Waals surface area contributed by atoms with E-state index in [1.807, 2.05) is 13.1 Å². The number of ether oxygens (including phenoxy) is 1. The van der Waals surface area contributed by atoms with E-state index in [4.69, 9.17) is 9.15 Å². The summed E-state index contributed by atoms with van der Waals surface area (Å²) >= 11 is 0. The van der Waals surface area contributed by atoms with Crippen molar-refractivity contribution in [3.8, 4) is 5.75 Å². The van der Waals surface area contributed by atoms with Crippen LogP contribution in [0.25, 0.3) is 0 Å². The molecule has 0 amide bonds. The molecule has 0 bridgehead atoms. The van der Waals surface area contributed by atoms with Gasteiger partial charge >= 0.3 is 0 Å². The topological polar surface area (TPSA) is 34.4 Å². The number of benzene rings is 1. The molecule has 1 aliphatic rings. The van der Waals surface area contributed by atoms with Gasteiger partial charge in [0.1, 0.15) is 11.9 Å². The molecule has 0 aliphatic heterocycles. The molecule has 1 atom stereocenters. The molecular formula is C17H21NO2. The summed E-state index contributed by atoms with van der Waals surface area (Å²) in [5.74, 6) is 1.04. The molecule has 0 saturated heterocycles. The van der Waals surface area contributed by atoms with E-state index in [0.29, 0.717) is 0 Å². The van der Waals surface area contributed by atoms with Crippen molar-refractivity contribution in [2.75, 3.05) is 13.6 Å². The molecule has 0 spiro atoms. The number of fused-ring (bicyclic) bond motifs is 1. The van der Waals surface area contributed by atoms with Gasteiger partial charge in [-0.25, -0.2) is 0 Å². The predicted octanol–water partition coefficient (Wildman–Crippen LogP) is 3.50. The SMILES string of the molecule is CNCCC(Oc1cccc2c1CCC2)c1ccoc1. The van der Waals surface area contributed by atoms with E-state index in [1.54, 1.807) is 12.5 Å². The van der Waals surface area contributed by atoms with Crippen molar-refractivity contribution >= 4 is 0 Å². The van der Waals surface area contributed by atoms with Crippen molar-refractivity contribution < 1.29 is 9.15 Å². The molecule has 1 aliphatic carbocycles. The number of hydrogen-bond acceptors (Lipinski definition) is 3. The molecule has 1 heterocycles. The standard InChI is InChI=1S/C17H21NO2/c1-18-10-8-16(14-9-11-19-12-14)20-17-7-3-5-13-4-2-6-15(13)17/h3,5,7,9,11-12,16,18H,2,4,6,8,10H2,1H3. The van der Waals surface area contributed by atoms with Crippen LogP contribution in [-0.4, -0.2) is 13.6 Å². The fourth-order valence-corrected chi connectivity index (χ4v) is 2.88. The molecule has 0 radical (unpaired) electrons. The first kappa shape index (κ1) is 13.3. The van der Waals surface area contributed by atoms with Gasteiger partial charge in [0, 0.05) is 12.0 Å². The van der Waals surface area contributed by atoms with Crippen molar-refractivity contribution in [1.82, 2.24) is 5.32 Å². The van der Waals surface area contributed by atoms with Gasteiger partial charge in [-0.05, 0) is 56.1 Å². The van der Waals surface area contributed by atoms with Crippen LogP contribution in [0.4, 0.5) is 0 Å². The highest BCUT2D eigenvalue weighted by atomic mass is 16.5. The van der Waals surface area contributed by atoms with Crippen molar-refractivity contribution in [2.45, 2.75) is 31.8 Å². The minimum absolute atomic E-state index is 0.0494. The van der Waals surface area contributed by atoms with E-state index >= 15 is 0 Å². The molecule has 106 valence electrons. The van der Waals surface area contributed by atoms with E-state index in [-0.39, 0.29) is 6.10 Å². The van der Waals surface area contributed by atoms with Crippen LogP contribution in [0, 0.1) is 0 Å². The first-order chi connectivity index (χ1) is 9.88. The molecule has 2 aromatic rings. The zero-order valence-corrected chi connectivity index (χ0v) is 11.9. The second-order valence-electron chi connectivity index (χ2n) is 5.30. The summed E-state index contributed by atoms with van der Waals surface area (Å²) in [7, 11) is 1.96. The third-order valence-corrected chi connectivity index (χ3v) is 3.94. The Bertz CT molecular complexity index is 548. The lowest BCUT2D eigenvalue weighted by atomic mass is 10.1. The summed E-state index contributed by atoms with van der Waals surface area (Å²) in [4.78, 5) is 0. The van der Waals surface area contributed by atoms with Crippen LogP contribution < -0.4 is 10.1 Å². The summed E-state index contributed by atoms with van der Waals surface area (Å²) in [5, 5.41) is 3.19. The van der Waals surface area contributed by atoms with Gasteiger partial charge in [0.05, 0.1) is 12.5 Å². The molecule has 0 saturated carbocycles. The average molecular weight is 271 g/mol. The lowest BCUT2D eigenvalue weighted by Crippen LogP contribution is -2.16. The molecule has 0 fully saturated rings. The fraction of sp³-hybridized carbons (Fsp3) is 0.412. The van der Waals surface area contributed by atoms with E-state index in [0.717, 1.165) is 30.7 Å². The summed E-state index contributed by atoms with van der Waals surface area (Å²) in [5.41, 5.74) is 3.95. The van der Waals surface area contributed by atoms with Gasteiger partial charge in [0.25, 0.3) is 0 Å². The maximum absolute atomic E-state index is 6.30. The Morgan fingerprint density at radius 3 is 3.05 bits per heavy atom. The molecule has 3 rings (SSSR count). The van der Waals surface area contributed by atoms with Crippen LogP contribution in [0.15, 0.2) is 41.2 Å². The maximum atomic E-state index is 6.30. The lowest BCUT2D eigenvalue weighted by molar-refractivity contribution is 0.192. The lowest BCUT2D eigenvalue weighted by Gasteiger charge is -2.20. The molecule has 1 aromatic heterocycles. The third-order valence-electron chi connectivity index (χ3n) is 3.94. The number of rotatable bonds is 6. The molecule has 1 unspecified atom stereocenters. The third kappa shape index (κ3) is 2.73. The first-order valence-corrected chi connectivity index (χ1v) is 7.32. The second kappa shape index (κ2) is 6.14. The zero-order valence-electron chi connectivity index (χ0n) is 11.9. The highest BCUT2D eigenvalue weighted by Crippen LogP contribution is 2.34. The zero-order chi connectivity index (χ0) is 13.8. The summed E-state index contributed by atoms with van der Waals surface area (Å²) in [6.45, 7) is 0.921. The summed E-state index contributed by atoms with van der Waals surface area (Å²) in [6, 6.07) is 8.40. The van der Waals surface area contributed by atoms with E-state index in [1.165, 1.54) is 24.0 Å². The van der Waals surface area contributed by atoms with Crippen LogP contribution in [0.2, 0.25) is 0 Å². The minimum Gasteiger partial charge on any atom is -0.485 e. The number of aryl methyl sites for hydroxylation is 1. The Morgan fingerprint density at radius 1 is 1.30 bits per heavy atom. The first-order valence-electron chi connectivity index (χ1n) is 7.32. The van der Waals surface area contributed by atoms with E-state index < -0.39 is 0 Å². The Morgan fingerprint density at radius 2 is 2.25 bits per heavy atom. The smallest absolute Gasteiger partial charge is 0.128 e. The van der Waals surface area contributed by atoms with Gasteiger partial charge in [0.2, 0.25) is 0 Å².